The van der Waals surface area contributed by atoms with Crippen molar-refractivity contribution >= 4 is 16.7 Å². The normalized spacial score (nSPS) is 10.7. The number of H-pyrrole nitrogens is 1. The number of aromatic nitrogens is 4. The highest BCUT2D eigenvalue weighted by Crippen LogP contribution is 2.23. The number of ether oxygens (including phenoxy) is 1. The summed E-state index contributed by atoms with van der Waals surface area (Å²) in [6.07, 6.45) is 3.73. The van der Waals surface area contributed by atoms with Crippen molar-refractivity contribution in [3.05, 3.63) is 77.2 Å². The molecule has 0 unspecified atom stereocenters. The van der Waals surface area contributed by atoms with Crippen LogP contribution in [0.25, 0.3) is 10.9 Å². The minimum absolute atomic E-state index is 0.0921. The number of Topliss-reactive ketones (excluding diaryl/α,β-unsaturated/α-hetero) is 1. The van der Waals surface area contributed by atoms with Crippen LogP contribution in [-0.4, -0.2) is 32.9 Å². The van der Waals surface area contributed by atoms with Crippen molar-refractivity contribution in [2.24, 2.45) is 0 Å². The van der Waals surface area contributed by atoms with Crippen LogP contribution in [0.1, 0.15) is 27.2 Å². The Morgan fingerprint density at radius 1 is 1.25 bits per heavy atom. The van der Waals surface area contributed by atoms with Gasteiger partial charge in [-0.15, -0.1) is 0 Å². The molecular weight excluding hydrogens is 354 g/mol. The summed E-state index contributed by atoms with van der Waals surface area (Å²) < 4.78 is 6.99. The van der Waals surface area contributed by atoms with Gasteiger partial charge >= 0.3 is 0 Å². The third-order valence-corrected chi connectivity index (χ3v) is 4.49. The zero-order chi connectivity index (χ0) is 19.5. The highest BCUT2D eigenvalue weighted by molar-refractivity contribution is 6.06. The first-order chi connectivity index (χ1) is 13.7. The average molecular weight is 371 g/mol. The molecule has 138 valence electrons. The molecular formula is C21H17N5O2. The van der Waals surface area contributed by atoms with Crippen LogP contribution in [0.15, 0.2) is 54.9 Å². The van der Waals surface area contributed by atoms with Gasteiger partial charge in [-0.05, 0) is 41.5 Å². The van der Waals surface area contributed by atoms with Crippen LogP contribution in [0.3, 0.4) is 0 Å². The number of ketones is 1. The third-order valence-electron chi connectivity index (χ3n) is 4.49. The Morgan fingerprint density at radius 3 is 2.96 bits per heavy atom. The van der Waals surface area contributed by atoms with Crippen LogP contribution in [0.2, 0.25) is 0 Å². The molecule has 2 aromatic carbocycles. The molecule has 7 nitrogen and oxygen atoms in total. The fourth-order valence-electron chi connectivity index (χ4n) is 3.11. The number of methoxy groups -OCH3 is 1. The largest absolute Gasteiger partial charge is 0.497 e. The highest BCUT2D eigenvalue weighted by atomic mass is 16.5. The zero-order valence-corrected chi connectivity index (χ0v) is 15.2. The van der Waals surface area contributed by atoms with E-state index in [1.54, 1.807) is 30.1 Å². The topological polar surface area (TPSA) is 96.6 Å². The molecule has 2 aromatic heterocycles. The minimum atomic E-state index is -0.0921. The van der Waals surface area contributed by atoms with Crippen molar-refractivity contribution in [2.45, 2.75) is 13.0 Å². The van der Waals surface area contributed by atoms with Gasteiger partial charge in [0.05, 0.1) is 37.0 Å². The zero-order valence-electron chi connectivity index (χ0n) is 15.2. The van der Waals surface area contributed by atoms with E-state index in [4.69, 9.17) is 10.00 Å². The number of carbonyl (C=O) groups is 1. The second-order valence-electron chi connectivity index (χ2n) is 6.44. The number of nitriles is 1. The molecule has 0 atom stereocenters. The van der Waals surface area contributed by atoms with E-state index < -0.39 is 0 Å². The van der Waals surface area contributed by atoms with Crippen molar-refractivity contribution < 1.29 is 9.53 Å². The maximum absolute atomic E-state index is 12.7. The molecule has 0 aliphatic rings. The van der Waals surface area contributed by atoms with Crippen LogP contribution in [0, 0.1) is 11.3 Å². The summed E-state index contributed by atoms with van der Waals surface area (Å²) in [7, 11) is 1.59. The number of carbonyl (C=O) groups excluding carboxylic acids is 1. The monoisotopic (exact) mass is 371 g/mol. The molecule has 2 heterocycles. The van der Waals surface area contributed by atoms with E-state index in [0.29, 0.717) is 23.6 Å². The molecule has 0 saturated heterocycles. The number of rotatable bonds is 6. The first-order valence-corrected chi connectivity index (χ1v) is 8.72. The van der Waals surface area contributed by atoms with Gasteiger partial charge in [0.1, 0.15) is 11.4 Å². The average Bonchev–Trinajstić information content (AvgIpc) is 3.34. The SMILES string of the molecule is COc1ccc2[nH]nc(C(=O)Cc3cnn(Cc4cccc(C#N)c4)c3)c2c1. The van der Waals surface area contributed by atoms with Gasteiger partial charge in [0.15, 0.2) is 5.78 Å². The molecule has 0 fully saturated rings. The Morgan fingerprint density at radius 2 is 2.14 bits per heavy atom. The lowest BCUT2D eigenvalue weighted by Crippen LogP contribution is -2.04. The number of aromatic amines is 1. The predicted octanol–water partition coefficient (Wildman–Crippen LogP) is 3.11. The lowest BCUT2D eigenvalue weighted by Gasteiger charge is -2.02. The van der Waals surface area contributed by atoms with Crippen LogP contribution in [0.4, 0.5) is 0 Å². The molecule has 0 amide bonds. The highest BCUT2D eigenvalue weighted by Gasteiger charge is 2.16. The number of hydrogen-bond acceptors (Lipinski definition) is 5. The quantitative estimate of drug-likeness (QED) is 0.525. The molecule has 0 radical (unpaired) electrons. The molecule has 0 bridgehead atoms. The molecule has 4 rings (SSSR count). The molecule has 0 aliphatic heterocycles. The van der Waals surface area contributed by atoms with Crippen molar-refractivity contribution in [2.75, 3.05) is 7.11 Å². The van der Waals surface area contributed by atoms with Gasteiger partial charge in [0, 0.05) is 18.0 Å². The van der Waals surface area contributed by atoms with Gasteiger partial charge in [0.25, 0.3) is 0 Å². The maximum atomic E-state index is 12.7. The van der Waals surface area contributed by atoms with E-state index >= 15 is 0 Å². The van der Waals surface area contributed by atoms with Gasteiger partial charge in [-0.25, -0.2) is 0 Å². The number of benzene rings is 2. The van der Waals surface area contributed by atoms with Gasteiger partial charge in [-0.1, -0.05) is 12.1 Å². The van der Waals surface area contributed by atoms with Crippen molar-refractivity contribution in [1.29, 1.82) is 5.26 Å². The second-order valence-corrected chi connectivity index (χ2v) is 6.44. The number of nitrogens with one attached hydrogen (secondary N) is 1. The van der Waals surface area contributed by atoms with E-state index in [1.807, 2.05) is 36.5 Å². The Bertz CT molecular complexity index is 1200. The predicted molar refractivity (Wildman–Crippen MR) is 103 cm³/mol. The Hall–Kier alpha value is -3.92. The van der Waals surface area contributed by atoms with Gasteiger partial charge < -0.3 is 4.74 Å². The summed E-state index contributed by atoms with van der Waals surface area (Å²) in [5.74, 6) is 0.584. The van der Waals surface area contributed by atoms with Gasteiger partial charge in [0.2, 0.25) is 0 Å². The summed E-state index contributed by atoms with van der Waals surface area (Å²) in [5, 5.41) is 21.1. The van der Waals surface area contributed by atoms with Crippen LogP contribution >= 0.6 is 0 Å². The van der Waals surface area contributed by atoms with Crippen LogP contribution in [-0.2, 0) is 13.0 Å². The van der Waals surface area contributed by atoms with Gasteiger partial charge in [-0.3, -0.25) is 14.6 Å². The molecule has 1 N–H and O–H groups in total. The molecule has 0 spiro atoms. The summed E-state index contributed by atoms with van der Waals surface area (Å²) in [6, 6.07) is 15.0. The summed E-state index contributed by atoms with van der Waals surface area (Å²) in [4.78, 5) is 12.7. The lowest BCUT2D eigenvalue weighted by atomic mass is 10.1. The first kappa shape index (κ1) is 17.5. The summed E-state index contributed by atoms with van der Waals surface area (Å²) in [6.45, 7) is 0.534. The van der Waals surface area contributed by atoms with Crippen molar-refractivity contribution in [3.63, 3.8) is 0 Å². The Labute approximate surface area is 161 Å². The smallest absolute Gasteiger partial charge is 0.188 e. The Balaban J connectivity index is 1.51. The van der Waals surface area contributed by atoms with E-state index in [9.17, 15) is 4.79 Å². The minimum Gasteiger partial charge on any atom is -0.497 e. The van der Waals surface area contributed by atoms with E-state index in [2.05, 4.69) is 21.4 Å². The van der Waals surface area contributed by atoms with Gasteiger partial charge in [-0.2, -0.15) is 15.5 Å². The molecule has 7 heteroatoms. The summed E-state index contributed by atoms with van der Waals surface area (Å²) >= 11 is 0. The van der Waals surface area contributed by atoms with Crippen molar-refractivity contribution in [3.8, 4) is 11.8 Å². The molecule has 4 aromatic rings. The fraction of sp³-hybridized carbons (Fsp3) is 0.143. The fourth-order valence-corrected chi connectivity index (χ4v) is 3.11. The number of hydrogen-bond donors (Lipinski definition) is 1. The number of fused-ring (bicyclic) bond motifs is 1. The number of nitrogens with zero attached hydrogens (tertiary/aromatic N) is 4. The Kier molecular flexibility index (Phi) is 4.60. The molecule has 0 saturated carbocycles. The standard InChI is InChI=1S/C21H17N5O2/c1-28-17-5-6-19-18(9-17)21(25-24-19)20(27)8-16-11-23-26(13-16)12-15-4-2-3-14(7-15)10-22/h2-7,9,11,13H,8,12H2,1H3,(H,24,25). The van der Waals surface area contributed by atoms with Crippen molar-refractivity contribution in [1.82, 2.24) is 20.0 Å². The van der Waals surface area contributed by atoms with E-state index in [1.165, 1.54) is 0 Å². The second kappa shape index (κ2) is 7.37. The van der Waals surface area contributed by atoms with Crippen LogP contribution in [0.5, 0.6) is 5.75 Å². The lowest BCUT2D eigenvalue weighted by molar-refractivity contribution is 0.0989. The molecule has 0 aliphatic carbocycles. The maximum Gasteiger partial charge on any atom is 0.188 e. The third kappa shape index (κ3) is 3.48. The summed E-state index contributed by atoms with van der Waals surface area (Å²) in [5.41, 5.74) is 3.58. The first-order valence-electron chi connectivity index (χ1n) is 8.72. The van der Waals surface area contributed by atoms with E-state index in [0.717, 1.165) is 22.0 Å². The van der Waals surface area contributed by atoms with Crippen LogP contribution < -0.4 is 4.74 Å². The molecule has 28 heavy (non-hydrogen) atoms. The van der Waals surface area contributed by atoms with E-state index in [-0.39, 0.29) is 12.2 Å².